The normalized spacial score (nSPS) is 50.3. The van der Waals surface area contributed by atoms with E-state index in [1.165, 1.54) is 13.8 Å². The molecule has 10 heteroatoms. The molecule has 10 nitrogen and oxygen atoms in total. The van der Waals surface area contributed by atoms with Crippen LogP contribution >= 0.6 is 0 Å². The van der Waals surface area contributed by atoms with Crippen molar-refractivity contribution in [2.45, 2.75) is 136 Å². The van der Waals surface area contributed by atoms with Gasteiger partial charge in [0.1, 0.15) is 18.0 Å². The molecule has 2 fully saturated rings. The maximum atomic E-state index is 13.4. The fourth-order valence-electron chi connectivity index (χ4n) is 6.11. The van der Waals surface area contributed by atoms with Crippen molar-refractivity contribution in [2.75, 3.05) is 0 Å². The molecule has 0 aromatic heterocycles. The number of ketones is 1. The minimum Gasteiger partial charge on any atom is -0.462 e. The minimum absolute atomic E-state index is 0.0661. The Morgan fingerprint density at radius 1 is 0.868 bits per heavy atom. The molecule has 2 aliphatic heterocycles. The van der Waals surface area contributed by atoms with Crippen molar-refractivity contribution in [3.05, 3.63) is 0 Å². The van der Waals surface area contributed by atoms with Gasteiger partial charge >= 0.3 is 5.97 Å². The van der Waals surface area contributed by atoms with Crippen LogP contribution in [0.2, 0.25) is 0 Å². The minimum atomic E-state index is -1.73. The van der Waals surface area contributed by atoms with E-state index in [-0.39, 0.29) is 18.6 Å². The summed E-state index contributed by atoms with van der Waals surface area (Å²) >= 11 is 0. The zero-order chi connectivity index (χ0) is 29.3. The highest BCUT2D eigenvalue weighted by atomic mass is 16.7. The summed E-state index contributed by atoms with van der Waals surface area (Å²) in [6.07, 6.45) is -6.81. The fraction of sp³-hybridized carbons (Fsp3) is 0.929. The Balaban J connectivity index is 2.49. The van der Waals surface area contributed by atoms with Gasteiger partial charge in [0, 0.05) is 30.1 Å². The zero-order valence-corrected chi connectivity index (χ0v) is 24.3. The molecule has 0 spiro atoms. The van der Waals surface area contributed by atoms with Crippen LogP contribution in [0.5, 0.6) is 0 Å². The summed E-state index contributed by atoms with van der Waals surface area (Å²) in [6.45, 7) is 14.6. The quantitative estimate of drug-likeness (QED) is 0.328. The van der Waals surface area contributed by atoms with Crippen LogP contribution < -0.4 is 0 Å². The molecule has 2 rings (SSSR count). The molecule has 0 bridgehead atoms. The summed E-state index contributed by atoms with van der Waals surface area (Å²) in [5.74, 6) is -4.59. The van der Waals surface area contributed by atoms with E-state index >= 15 is 0 Å². The number of carbonyl (C=O) groups is 2. The number of esters is 1. The Kier molecular flexibility index (Phi) is 10.9. The van der Waals surface area contributed by atoms with Crippen LogP contribution in [0.4, 0.5) is 0 Å². The second-order valence-electron chi connectivity index (χ2n) is 12.4. The van der Waals surface area contributed by atoms with E-state index in [1.807, 2.05) is 6.92 Å². The monoisotopic (exact) mass is 546 g/mol. The molecule has 0 aromatic rings. The topological polar surface area (TPSA) is 163 Å². The highest BCUT2D eigenvalue weighted by Crippen LogP contribution is 2.37. The Morgan fingerprint density at radius 2 is 1.42 bits per heavy atom. The second kappa shape index (κ2) is 12.6. The number of aliphatic hydroxyl groups excluding tert-OH is 3. The van der Waals surface area contributed by atoms with Crippen LogP contribution in [0.25, 0.3) is 0 Å². The molecule has 0 aromatic carbocycles. The van der Waals surface area contributed by atoms with Crippen molar-refractivity contribution in [1.29, 1.82) is 0 Å². The van der Waals surface area contributed by atoms with Crippen molar-refractivity contribution in [1.82, 2.24) is 0 Å². The number of hydrogen-bond donors (Lipinski definition) is 5. The summed E-state index contributed by atoms with van der Waals surface area (Å²) in [4.78, 5) is 26.5. The number of cyclic esters (lactones) is 1. The Bertz CT molecular complexity index is 813. The van der Waals surface area contributed by atoms with Gasteiger partial charge in [0.25, 0.3) is 0 Å². The van der Waals surface area contributed by atoms with E-state index < -0.39 is 89.7 Å². The molecule has 3 unspecified atom stereocenters. The molecule has 0 aliphatic carbocycles. The number of rotatable bonds is 3. The second-order valence-corrected chi connectivity index (χ2v) is 12.4. The summed E-state index contributed by atoms with van der Waals surface area (Å²) in [5, 5.41) is 54.5. The maximum Gasteiger partial charge on any atom is 0.311 e. The number of aliphatic hydroxyl groups is 5. The fourth-order valence-corrected chi connectivity index (χ4v) is 6.11. The van der Waals surface area contributed by atoms with E-state index in [2.05, 4.69) is 0 Å². The van der Waals surface area contributed by atoms with Gasteiger partial charge in [0.05, 0.1) is 41.5 Å². The third-order valence-corrected chi connectivity index (χ3v) is 8.82. The Labute approximate surface area is 226 Å². The molecular formula is C28H50O10. The Hall–Kier alpha value is -1.14. The van der Waals surface area contributed by atoms with E-state index in [0.29, 0.717) is 6.42 Å². The van der Waals surface area contributed by atoms with Gasteiger partial charge in [0.15, 0.2) is 6.29 Å². The molecule has 2 aliphatic rings. The molecule has 0 amide bonds. The standard InChI is InChI=1S/C28H50O10/c1-10-19-14(3)22(30)15(4)21(29)13(2)11-27(8,34)24(31)16(5)23(17(6)26(33)37-19)38-20-12-28(9,35)25(32)18(7)36-20/h13-20,22-25,30-32,34-35H,10-12H2,1-9H3/t13-,14+,15?,16+,17-,18+,19?,20-,22+,23?,24-,25+,27-,28-/m1/s1. The van der Waals surface area contributed by atoms with E-state index in [9.17, 15) is 35.1 Å². The number of ether oxygens (including phenoxy) is 3. The van der Waals surface area contributed by atoms with Crippen molar-refractivity contribution < 1.29 is 49.3 Å². The van der Waals surface area contributed by atoms with Crippen LogP contribution in [0.15, 0.2) is 0 Å². The Morgan fingerprint density at radius 3 is 1.95 bits per heavy atom. The van der Waals surface area contributed by atoms with Gasteiger partial charge in [-0.05, 0) is 40.5 Å². The van der Waals surface area contributed by atoms with Gasteiger partial charge in [-0.25, -0.2) is 0 Å². The molecule has 14 atom stereocenters. The first-order valence-electron chi connectivity index (χ1n) is 13.9. The first-order valence-corrected chi connectivity index (χ1v) is 13.9. The highest BCUT2D eigenvalue weighted by Gasteiger charge is 2.49. The number of carbonyl (C=O) groups excluding carboxylic acids is 2. The smallest absolute Gasteiger partial charge is 0.311 e. The van der Waals surface area contributed by atoms with Gasteiger partial charge in [0.2, 0.25) is 0 Å². The van der Waals surface area contributed by atoms with E-state index in [0.717, 1.165) is 0 Å². The maximum absolute atomic E-state index is 13.4. The van der Waals surface area contributed by atoms with Crippen LogP contribution in [-0.4, -0.2) is 91.4 Å². The molecule has 5 N–H and O–H groups in total. The molecule has 0 saturated carbocycles. The van der Waals surface area contributed by atoms with Crippen molar-refractivity contribution in [2.24, 2.45) is 29.6 Å². The van der Waals surface area contributed by atoms with Crippen LogP contribution in [0, 0.1) is 29.6 Å². The number of hydrogen-bond acceptors (Lipinski definition) is 10. The summed E-state index contributed by atoms with van der Waals surface area (Å²) < 4.78 is 17.8. The summed E-state index contributed by atoms with van der Waals surface area (Å²) in [5.41, 5.74) is -3.24. The van der Waals surface area contributed by atoms with Gasteiger partial charge in [-0.2, -0.15) is 0 Å². The van der Waals surface area contributed by atoms with Gasteiger partial charge < -0.3 is 39.7 Å². The molecular weight excluding hydrogens is 496 g/mol. The SMILES string of the molecule is CCC1OC(=O)[C@H](C)C(O[C@@H]2C[C@@](C)(O)[C@@H](O)[C@H](C)O2)[C@H](C)[C@@H](O)[C@](C)(O)C[C@@H](C)C(=O)C(C)[C@@H](O)[C@H]1C. The predicted octanol–water partition coefficient (Wildman–Crippen LogP) is 1.57. The first kappa shape index (κ1) is 33.1. The largest absolute Gasteiger partial charge is 0.462 e. The number of Topliss-reactive ketones (excluding diaryl/α,β-unsaturated/α-hetero) is 1. The lowest BCUT2D eigenvalue weighted by Crippen LogP contribution is -2.57. The summed E-state index contributed by atoms with van der Waals surface area (Å²) in [7, 11) is 0. The van der Waals surface area contributed by atoms with Crippen LogP contribution in [-0.2, 0) is 23.8 Å². The lowest BCUT2D eigenvalue weighted by molar-refractivity contribution is -0.295. The van der Waals surface area contributed by atoms with E-state index in [4.69, 9.17) is 14.2 Å². The van der Waals surface area contributed by atoms with Crippen molar-refractivity contribution in [3.8, 4) is 0 Å². The summed E-state index contributed by atoms with van der Waals surface area (Å²) in [6, 6.07) is 0. The van der Waals surface area contributed by atoms with Gasteiger partial charge in [-0.3, -0.25) is 9.59 Å². The van der Waals surface area contributed by atoms with Gasteiger partial charge in [-0.15, -0.1) is 0 Å². The third-order valence-electron chi connectivity index (χ3n) is 8.82. The lowest BCUT2D eigenvalue weighted by Gasteiger charge is -2.45. The molecule has 0 radical (unpaired) electrons. The van der Waals surface area contributed by atoms with Gasteiger partial charge in [-0.1, -0.05) is 34.6 Å². The molecule has 2 heterocycles. The van der Waals surface area contributed by atoms with Crippen LogP contribution in [0.1, 0.15) is 81.6 Å². The molecule has 222 valence electrons. The third kappa shape index (κ3) is 7.13. The molecule has 2 saturated heterocycles. The van der Waals surface area contributed by atoms with Crippen molar-refractivity contribution >= 4 is 11.8 Å². The average molecular weight is 547 g/mol. The van der Waals surface area contributed by atoms with Crippen molar-refractivity contribution in [3.63, 3.8) is 0 Å². The van der Waals surface area contributed by atoms with E-state index in [1.54, 1.807) is 41.5 Å². The highest BCUT2D eigenvalue weighted by molar-refractivity contribution is 5.83. The zero-order valence-electron chi connectivity index (χ0n) is 24.3. The first-order chi connectivity index (χ1) is 17.3. The predicted molar refractivity (Wildman–Crippen MR) is 139 cm³/mol. The average Bonchev–Trinajstić information content (AvgIpc) is 2.84. The van der Waals surface area contributed by atoms with Crippen LogP contribution in [0.3, 0.4) is 0 Å². The molecule has 38 heavy (non-hydrogen) atoms. The lowest BCUT2D eigenvalue weighted by atomic mass is 9.75.